The van der Waals surface area contributed by atoms with Crippen LogP contribution in [0.15, 0.2) is 5.10 Å². The molecule has 2 rings (SSSR count). The minimum absolute atomic E-state index is 0.00318. The van der Waals surface area contributed by atoms with E-state index >= 15 is 0 Å². The van der Waals surface area contributed by atoms with Crippen LogP contribution in [0.2, 0.25) is 0 Å². The Hall–Kier alpha value is -1.59. The molecule has 0 saturated heterocycles. The first-order valence-corrected chi connectivity index (χ1v) is 7.28. The highest BCUT2D eigenvalue weighted by molar-refractivity contribution is 6.06. The molecular formula is C14H23N3O3. The van der Waals surface area contributed by atoms with Gasteiger partial charge in [-0.15, -0.1) is 0 Å². The lowest BCUT2D eigenvalue weighted by molar-refractivity contribution is -0.129. The molecule has 1 N–H and O–H groups in total. The Morgan fingerprint density at radius 2 is 2.15 bits per heavy atom. The molecule has 1 aliphatic carbocycles. The van der Waals surface area contributed by atoms with Crippen molar-refractivity contribution in [2.24, 2.45) is 16.9 Å². The van der Waals surface area contributed by atoms with Crippen molar-refractivity contribution in [2.75, 3.05) is 20.1 Å². The van der Waals surface area contributed by atoms with Crippen molar-refractivity contribution in [1.82, 2.24) is 9.91 Å². The van der Waals surface area contributed by atoms with E-state index in [1.165, 1.54) is 26.3 Å². The highest BCUT2D eigenvalue weighted by Gasteiger charge is 2.30. The van der Waals surface area contributed by atoms with E-state index in [-0.39, 0.29) is 18.9 Å². The van der Waals surface area contributed by atoms with Crippen LogP contribution in [0.25, 0.3) is 0 Å². The lowest BCUT2D eigenvalue weighted by Crippen LogP contribution is -2.32. The van der Waals surface area contributed by atoms with Crippen LogP contribution in [0.5, 0.6) is 0 Å². The van der Waals surface area contributed by atoms with Gasteiger partial charge in [0.15, 0.2) is 0 Å². The van der Waals surface area contributed by atoms with Crippen molar-refractivity contribution in [1.29, 1.82) is 0 Å². The zero-order chi connectivity index (χ0) is 14.7. The van der Waals surface area contributed by atoms with Gasteiger partial charge in [-0.3, -0.25) is 4.79 Å². The molecule has 0 aromatic heterocycles. The number of nitrogens with zero attached hydrogens (tertiary/aromatic N) is 3. The zero-order valence-electron chi connectivity index (χ0n) is 12.2. The van der Waals surface area contributed by atoms with E-state index in [1.54, 1.807) is 5.01 Å². The van der Waals surface area contributed by atoms with Crippen molar-refractivity contribution in [3.8, 4) is 0 Å². The van der Waals surface area contributed by atoms with Crippen molar-refractivity contribution in [3.63, 3.8) is 0 Å². The predicted molar refractivity (Wildman–Crippen MR) is 75.5 cm³/mol. The highest BCUT2D eigenvalue weighted by atomic mass is 16.4. The van der Waals surface area contributed by atoms with Crippen LogP contribution in [0.4, 0.5) is 4.79 Å². The maximum Gasteiger partial charge on any atom is 0.407 e. The SMILES string of the molecule is CC1CCCCC1CN1N=C(CN(C)C(=O)O)CC1=O. The number of hydrazone groups is 1. The summed E-state index contributed by atoms with van der Waals surface area (Å²) in [6.45, 7) is 3.13. The van der Waals surface area contributed by atoms with E-state index in [0.29, 0.717) is 24.1 Å². The molecule has 2 unspecified atom stereocenters. The second-order valence-corrected chi connectivity index (χ2v) is 5.98. The molecule has 2 atom stereocenters. The van der Waals surface area contributed by atoms with E-state index in [9.17, 15) is 9.59 Å². The largest absolute Gasteiger partial charge is 0.465 e. The Balaban J connectivity index is 1.93. The monoisotopic (exact) mass is 281 g/mol. The van der Waals surface area contributed by atoms with Crippen LogP contribution in [0, 0.1) is 11.8 Å². The molecule has 2 aliphatic rings. The summed E-state index contributed by atoms with van der Waals surface area (Å²) in [5, 5.41) is 14.7. The van der Waals surface area contributed by atoms with Crippen molar-refractivity contribution >= 4 is 17.7 Å². The molecule has 0 aromatic carbocycles. The molecule has 112 valence electrons. The van der Waals surface area contributed by atoms with E-state index < -0.39 is 6.09 Å². The Morgan fingerprint density at radius 1 is 1.45 bits per heavy atom. The standard InChI is InChI=1S/C14H23N3O3/c1-10-5-3-4-6-11(10)8-17-13(18)7-12(15-17)9-16(2)14(19)20/h10-11H,3-9H2,1-2H3,(H,19,20). The van der Waals surface area contributed by atoms with Crippen LogP contribution in [0.3, 0.4) is 0 Å². The summed E-state index contributed by atoms with van der Waals surface area (Å²) < 4.78 is 0. The number of carbonyl (C=O) groups excluding carboxylic acids is 1. The van der Waals surface area contributed by atoms with E-state index in [4.69, 9.17) is 5.11 Å². The maximum absolute atomic E-state index is 12.0. The first kappa shape index (κ1) is 14.8. The zero-order valence-corrected chi connectivity index (χ0v) is 12.2. The Labute approximate surface area is 119 Å². The summed E-state index contributed by atoms with van der Waals surface area (Å²) in [4.78, 5) is 23.9. The van der Waals surface area contributed by atoms with Gasteiger partial charge in [0.2, 0.25) is 5.91 Å². The highest BCUT2D eigenvalue weighted by Crippen LogP contribution is 2.30. The lowest BCUT2D eigenvalue weighted by atomic mass is 9.80. The second kappa shape index (κ2) is 6.24. The van der Waals surface area contributed by atoms with E-state index in [2.05, 4.69) is 12.0 Å². The van der Waals surface area contributed by atoms with Crippen LogP contribution < -0.4 is 0 Å². The molecule has 0 radical (unpaired) electrons. The minimum Gasteiger partial charge on any atom is -0.465 e. The van der Waals surface area contributed by atoms with Crippen molar-refractivity contribution < 1.29 is 14.7 Å². The quantitative estimate of drug-likeness (QED) is 0.856. The van der Waals surface area contributed by atoms with Gasteiger partial charge in [-0.05, 0) is 18.3 Å². The second-order valence-electron chi connectivity index (χ2n) is 5.98. The van der Waals surface area contributed by atoms with Crippen LogP contribution >= 0.6 is 0 Å². The Kier molecular flexibility index (Phi) is 4.62. The molecule has 0 aromatic rings. The molecule has 0 bridgehead atoms. The average molecular weight is 281 g/mol. The van der Waals surface area contributed by atoms with Gasteiger partial charge >= 0.3 is 6.09 Å². The number of carbonyl (C=O) groups is 2. The van der Waals surface area contributed by atoms with Gasteiger partial charge in [-0.25, -0.2) is 9.80 Å². The van der Waals surface area contributed by atoms with Gasteiger partial charge in [-0.2, -0.15) is 5.10 Å². The average Bonchev–Trinajstić information content (AvgIpc) is 2.72. The summed E-state index contributed by atoms with van der Waals surface area (Å²) in [6.07, 6.45) is 4.15. The van der Waals surface area contributed by atoms with E-state index in [0.717, 1.165) is 11.3 Å². The smallest absolute Gasteiger partial charge is 0.407 e. The number of hydrogen-bond donors (Lipinski definition) is 1. The van der Waals surface area contributed by atoms with E-state index in [1.807, 2.05) is 0 Å². The topological polar surface area (TPSA) is 73.2 Å². The molecule has 0 spiro atoms. The number of carboxylic acid groups (broad SMARTS) is 1. The van der Waals surface area contributed by atoms with Crippen LogP contribution in [-0.4, -0.2) is 52.9 Å². The molecule has 1 aliphatic heterocycles. The van der Waals surface area contributed by atoms with Crippen LogP contribution in [-0.2, 0) is 4.79 Å². The van der Waals surface area contributed by atoms with Gasteiger partial charge in [0.05, 0.1) is 18.7 Å². The summed E-state index contributed by atoms with van der Waals surface area (Å²) in [7, 11) is 1.49. The molecular weight excluding hydrogens is 258 g/mol. The number of hydrogen-bond acceptors (Lipinski definition) is 3. The molecule has 1 saturated carbocycles. The fourth-order valence-electron chi connectivity index (χ4n) is 2.99. The van der Waals surface area contributed by atoms with Gasteiger partial charge in [0.1, 0.15) is 0 Å². The van der Waals surface area contributed by atoms with Crippen molar-refractivity contribution in [2.45, 2.75) is 39.0 Å². The van der Waals surface area contributed by atoms with Gasteiger partial charge in [0.25, 0.3) is 0 Å². The summed E-state index contributed by atoms with van der Waals surface area (Å²) in [6, 6.07) is 0. The fraction of sp³-hybridized carbons (Fsp3) is 0.786. The fourth-order valence-corrected chi connectivity index (χ4v) is 2.99. The summed E-state index contributed by atoms with van der Waals surface area (Å²) >= 11 is 0. The third kappa shape index (κ3) is 3.49. The Morgan fingerprint density at radius 3 is 2.80 bits per heavy atom. The Bertz CT molecular complexity index is 422. The van der Waals surface area contributed by atoms with Gasteiger partial charge in [-0.1, -0.05) is 26.2 Å². The molecule has 1 fully saturated rings. The van der Waals surface area contributed by atoms with Crippen LogP contribution in [0.1, 0.15) is 39.0 Å². The first-order chi connectivity index (χ1) is 9.47. The number of rotatable bonds is 4. The minimum atomic E-state index is -1.00. The third-order valence-electron chi connectivity index (χ3n) is 4.35. The predicted octanol–water partition coefficient (Wildman–Crippen LogP) is 2.01. The molecule has 6 heteroatoms. The normalized spacial score (nSPS) is 26.6. The van der Waals surface area contributed by atoms with Gasteiger partial charge < -0.3 is 10.0 Å². The third-order valence-corrected chi connectivity index (χ3v) is 4.35. The molecule has 6 nitrogen and oxygen atoms in total. The molecule has 2 amide bonds. The summed E-state index contributed by atoms with van der Waals surface area (Å²) in [5.74, 6) is 1.15. The van der Waals surface area contributed by atoms with Crippen molar-refractivity contribution in [3.05, 3.63) is 0 Å². The summed E-state index contributed by atoms with van der Waals surface area (Å²) in [5.41, 5.74) is 0.642. The first-order valence-electron chi connectivity index (χ1n) is 7.28. The number of amides is 2. The molecule has 20 heavy (non-hydrogen) atoms. The maximum atomic E-state index is 12.0. The molecule has 1 heterocycles. The van der Waals surface area contributed by atoms with Gasteiger partial charge in [0, 0.05) is 13.6 Å². The lowest BCUT2D eigenvalue weighted by Gasteiger charge is -2.30.